The van der Waals surface area contributed by atoms with Crippen LogP contribution in [-0.2, 0) is 11.3 Å². The number of nitrogens with one attached hydrogen (secondary N) is 1. The number of hydrogen-bond donors (Lipinski definition) is 1. The van der Waals surface area contributed by atoms with Crippen LogP contribution >= 0.6 is 11.8 Å². The zero-order valence-corrected chi connectivity index (χ0v) is 15.1. The SMILES string of the molecule is CCn1c(SCCC(=O)Nc2ccccc2F)nc2ccccc2c1=O. The van der Waals surface area contributed by atoms with Gasteiger partial charge in [-0.05, 0) is 31.2 Å². The number of para-hydroxylation sites is 2. The summed E-state index contributed by atoms with van der Waals surface area (Å²) >= 11 is 1.34. The molecule has 134 valence electrons. The fraction of sp³-hybridized carbons (Fsp3) is 0.211. The van der Waals surface area contributed by atoms with Gasteiger partial charge in [-0.1, -0.05) is 36.0 Å². The fourth-order valence-electron chi connectivity index (χ4n) is 2.55. The van der Waals surface area contributed by atoms with Gasteiger partial charge in [0.1, 0.15) is 5.82 Å². The molecule has 0 saturated heterocycles. The number of carbonyl (C=O) groups is 1. The Morgan fingerprint density at radius 1 is 1.19 bits per heavy atom. The summed E-state index contributed by atoms with van der Waals surface area (Å²) < 4.78 is 15.2. The molecule has 0 atom stereocenters. The molecule has 0 saturated carbocycles. The maximum atomic E-state index is 13.6. The highest BCUT2D eigenvalue weighted by molar-refractivity contribution is 7.99. The fourth-order valence-corrected chi connectivity index (χ4v) is 3.55. The molecular formula is C19H18FN3O2S. The van der Waals surface area contributed by atoms with Crippen LogP contribution in [0.5, 0.6) is 0 Å². The summed E-state index contributed by atoms with van der Waals surface area (Å²) in [5.74, 6) is -0.316. The van der Waals surface area contributed by atoms with Crippen molar-refractivity contribution in [1.29, 1.82) is 0 Å². The number of thioether (sulfide) groups is 1. The van der Waals surface area contributed by atoms with E-state index in [9.17, 15) is 14.0 Å². The number of aromatic nitrogens is 2. The average molecular weight is 371 g/mol. The van der Waals surface area contributed by atoms with Gasteiger partial charge in [-0.3, -0.25) is 14.2 Å². The molecule has 7 heteroatoms. The van der Waals surface area contributed by atoms with Gasteiger partial charge in [0.2, 0.25) is 5.91 Å². The van der Waals surface area contributed by atoms with Crippen molar-refractivity contribution in [1.82, 2.24) is 9.55 Å². The van der Waals surface area contributed by atoms with Crippen LogP contribution in [0, 0.1) is 5.82 Å². The molecule has 26 heavy (non-hydrogen) atoms. The molecule has 0 bridgehead atoms. The first-order chi connectivity index (χ1) is 12.6. The minimum Gasteiger partial charge on any atom is -0.324 e. The lowest BCUT2D eigenvalue weighted by molar-refractivity contribution is -0.115. The molecule has 0 fully saturated rings. The molecule has 1 N–H and O–H groups in total. The standard InChI is InChI=1S/C19H18FN3O2S/c1-2-23-18(25)13-7-3-5-9-15(13)22-19(23)26-12-11-17(24)21-16-10-6-4-8-14(16)20/h3-10H,2,11-12H2,1H3,(H,21,24). The largest absolute Gasteiger partial charge is 0.324 e. The average Bonchev–Trinajstić information content (AvgIpc) is 2.64. The van der Waals surface area contributed by atoms with E-state index < -0.39 is 5.82 Å². The Balaban J connectivity index is 1.69. The molecule has 1 aromatic heterocycles. The molecule has 0 spiro atoms. The van der Waals surface area contributed by atoms with Crippen LogP contribution in [0.3, 0.4) is 0 Å². The third kappa shape index (κ3) is 3.94. The van der Waals surface area contributed by atoms with Gasteiger partial charge in [-0.2, -0.15) is 0 Å². The van der Waals surface area contributed by atoms with Crippen LogP contribution in [0.25, 0.3) is 10.9 Å². The van der Waals surface area contributed by atoms with Gasteiger partial charge in [0.25, 0.3) is 5.56 Å². The van der Waals surface area contributed by atoms with Gasteiger partial charge in [0.15, 0.2) is 5.16 Å². The second-order valence-corrected chi connectivity index (χ2v) is 6.65. The number of benzene rings is 2. The van der Waals surface area contributed by atoms with E-state index in [1.165, 1.54) is 23.9 Å². The van der Waals surface area contributed by atoms with Gasteiger partial charge in [0, 0.05) is 18.7 Å². The molecule has 0 aliphatic rings. The smallest absolute Gasteiger partial charge is 0.262 e. The van der Waals surface area contributed by atoms with Crippen LogP contribution in [0.1, 0.15) is 13.3 Å². The van der Waals surface area contributed by atoms with Gasteiger partial charge < -0.3 is 5.32 Å². The molecule has 0 unspecified atom stereocenters. The summed E-state index contributed by atoms with van der Waals surface area (Å²) in [4.78, 5) is 29.1. The highest BCUT2D eigenvalue weighted by atomic mass is 32.2. The van der Waals surface area contributed by atoms with Crippen molar-refractivity contribution in [3.05, 3.63) is 64.7 Å². The number of fused-ring (bicyclic) bond motifs is 1. The Bertz CT molecular complexity index is 1000. The zero-order chi connectivity index (χ0) is 18.5. The summed E-state index contributed by atoms with van der Waals surface area (Å²) in [6.45, 7) is 2.38. The lowest BCUT2D eigenvalue weighted by atomic mass is 10.2. The van der Waals surface area contributed by atoms with Crippen molar-refractivity contribution in [2.45, 2.75) is 25.0 Å². The minimum absolute atomic E-state index is 0.0867. The summed E-state index contributed by atoms with van der Waals surface area (Å²) in [6.07, 6.45) is 0.186. The van der Waals surface area contributed by atoms with E-state index in [0.717, 1.165) is 0 Å². The second kappa shape index (κ2) is 8.14. The lowest BCUT2D eigenvalue weighted by Crippen LogP contribution is -2.22. The van der Waals surface area contributed by atoms with Crippen molar-refractivity contribution < 1.29 is 9.18 Å². The Hall–Kier alpha value is -2.67. The molecule has 3 aromatic rings. The first kappa shape index (κ1) is 18.1. The van der Waals surface area contributed by atoms with Gasteiger partial charge in [-0.25, -0.2) is 9.37 Å². The van der Waals surface area contributed by atoms with E-state index in [2.05, 4.69) is 10.3 Å². The van der Waals surface area contributed by atoms with Gasteiger partial charge >= 0.3 is 0 Å². The lowest BCUT2D eigenvalue weighted by Gasteiger charge is -2.11. The second-order valence-electron chi connectivity index (χ2n) is 5.59. The summed E-state index contributed by atoms with van der Waals surface area (Å²) in [5, 5.41) is 3.71. The van der Waals surface area contributed by atoms with Crippen LogP contribution in [-0.4, -0.2) is 21.2 Å². The number of anilines is 1. The van der Waals surface area contributed by atoms with Crippen LogP contribution < -0.4 is 10.9 Å². The summed E-state index contributed by atoms with van der Waals surface area (Å²) in [7, 11) is 0. The first-order valence-electron chi connectivity index (χ1n) is 8.27. The highest BCUT2D eigenvalue weighted by Crippen LogP contribution is 2.19. The Morgan fingerprint density at radius 3 is 2.69 bits per heavy atom. The van der Waals surface area contributed by atoms with Crippen molar-refractivity contribution in [3.63, 3.8) is 0 Å². The topological polar surface area (TPSA) is 64.0 Å². The first-order valence-corrected chi connectivity index (χ1v) is 9.25. The maximum absolute atomic E-state index is 13.6. The van der Waals surface area contributed by atoms with Crippen molar-refractivity contribution in [3.8, 4) is 0 Å². The van der Waals surface area contributed by atoms with Gasteiger partial charge in [0.05, 0.1) is 16.6 Å². The van der Waals surface area contributed by atoms with Crippen molar-refractivity contribution >= 4 is 34.3 Å². The van der Waals surface area contributed by atoms with Crippen LogP contribution in [0.4, 0.5) is 10.1 Å². The van der Waals surface area contributed by atoms with E-state index in [1.807, 2.05) is 19.1 Å². The molecule has 2 aromatic carbocycles. The number of nitrogens with zero attached hydrogens (tertiary/aromatic N) is 2. The normalized spacial score (nSPS) is 10.8. The Labute approximate surface area is 154 Å². The number of halogens is 1. The Kier molecular flexibility index (Phi) is 5.68. The highest BCUT2D eigenvalue weighted by Gasteiger charge is 2.11. The molecule has 0 radical (unpaired) electrons. The predicted molar refractivity (Wildman–Crippen MR) is 102 cm³/mol. The number of rotatable bonds is 6. The quantitative estimate of drug-likeness (QED) is 0.530. The zero-order valence-electron chi connectivity index (χ0n) is 14.2. The minimum atomic E-state index is -0.468. The third-order valence-corrected chi connectivity index (χ3v) is 4.83. The number of amides is 1. The third-order valence-electron chi connectivity index (χ3n) is 3.85. The monoisotopic (exact) mass is 371 g/mol. The number of hydrogen-bond acceptors (Lipinski definition) is 4. The molecular weight excluding hydrogens is 353 g/mol. The van der Waals surface area contributed by atoms with E-state index in [0.29, 0.717) is 28.4 Å². The molecule has 5 nitrogen and oxygen atoms in total. The van der Waals surface area contributed by atoms with Crippen molar-refractivity contribution in [2.75, 3.05) is 11.1 Å². The molecule has 1 amide bonds. The summed E-state index contributed by atoms with van der Waals surface area (Å²) in [5.41, 5.74) is 0.716. The Morgan fingerprint density at radius 2 is 1.92 bits per heavy atom. The van der Waals surface area contributed by atoms with Gasteiger partial charge in [-0.15, -0.1) is 0 Å². The molecule has 3 rings (SSSR count). The summed E-state index contributed by atoms with van der Waals surface area (Å²) in [6, 6.07) is 13.2. The van der Waals surface area contributed by atoms with Crippen LogP contribution in [0.15, 0.2) is 58.5 Å². The van der Waals surface area contributed by atoms with E-state index in [-0.39, 0.29) is 23.6 Å². The molecule has 0 aliphatic heterocycles. The maximum Gasteiger partial charge on any atom is 0.262 e. The van der Waals surface area contributed by atoms with E-state index in [1.54, 1.807) is 28.8 Å². The van der Waals surface area contributed by atoms with Crippen molar-refractivity contribution in [2.24, 2.45) is 0 Å². The number of carbonyl (C=O) groups excluding carboxylic acids is 1. The van der Waals surface area contributed by atoms with Crippen LogP contribution in [0.2, 0.25) is 0 Å². The predicted octanol–water partition coefficient (Wildman–Crippen LogP) is 3.68. The van der Waals surface area contributed by atoms with E-state index in [4.69, 9.17) is 0 Å². The van der Waals surface area contributed by atoms with E-state index >= 15 is 0 Å². The molecule has 0 aliphatic carbocycles. The molecule has 1 heterocycles.